The molecule has 4 rings (SSSR count). The number of hydrogen-bond acceptors (Lipinski definition) is 4. The number of benzene rings is 1. The van der Waals surface area contributed by atoms with E-state index in [1.807, 2.05) is 42.2 Å². The maximum Gasteiger partial charge on any atom is 0.263 e. The molecule has 1 aliphatic heterocycles. The van der Waals surface area contributed by atoms with Gasteiger partial charge in [-0.05, 0) is 32.6 Å². The van der Waals surface area contributed by atoms with Gasteiger partial charge in [-0.15, -0.1) is 11.3 Å². The molecule has 6 heteroatoms. The van der Waals surface area contributed by atoms with Crippen LogP contribution in [0.1, 0.15) is 60.3 Å². The van der Waals surface area contributed by atoms with Gasteiger partial charge in [-0.3, -0.25) is 9.59 Å². The molecule has 1 saturated carbocycles. The Morgan fingerprint density at radius 1 is 1.03 bits per heavy atom. The second kappa shape index (κ2) is 9.08. The van der Waals surface area contributed by atoms with Gasteiger partial charge in [0.1, 0.15) is 9.88 Å². The molecule has 1 N–H and O–H groups in total. The topological polar surface area (TPSA) is 62.3 Å². The zero-order valence-corrected chi connectivity index (χ0v) is 17.8. The standard InChI is InChI=1S/C23H29N3O2S/c1-16-20(29-22(24-16)17-8-4-2-5-9-17)21(27)25-19-12-14-26(15-13-19)23(28)18-10-6-3-7-11-18/h2,4-5,8-9,18-19H,3,6-7,10-15H2,1H3,(H,25,27). The number of amides is 2. The van der Waals surface area contributed by atoms with Gasteiger partial charge in [0.25, 0.3) is 5.91 Å². The second-order valence-corrected chi connectivity index (χ2v) is 9.21. The lowest BCUT2D eigenvalue weighted by Gasteiger charge is -2.35. The van der Waals surface area contributed by atoms with Crippen LogP contribution in [0.5, 0.6) is 0 Å². The van der Waals surface area contributed by atoms with Crippen LogP contribution in [0.3, 0.4) is 0 Å². The minimum atomic E-state index is -0.0424. The molecular formula is C23H29N3O2S. The van der Waals surface area contributed by atoms with Crippen molar-refractivity contribution in [3.63, 3.8) is 0 Å². The Hall–Kier alpha value is -2.21. The van der Waals surface area contributed by atoms with E-state index >= 15 is 0 Å². The molecule has 2 heterocycles. The number of aryl methyl sites for hydroxylation is 1. The summed E-state index contributed by atoms with van der Waals surface area (Å²) in [6.07, 6.45) is 7.38. The number of nitrogens with one attached hydrogen (secondary N) is 1. The van der Waals surface area contributed by atoms with Crippen molar-refractivity contribution >= 4 is 23.2 Å². The van der Waals surface area contributed by atoms with Crippen LogP contribution in [0.2, 0.25) is 0 Å². The SMILES string of the molecule is Cc1nc(-c2ccccc2)sc1C(=O)NC1CCN(C(=O)C2CCCCC2)CC1. The van der Waals surface area contributed by atoms with Gasteiger partial charge in [-0.25, -0.2) is 4.98 Å². The first-order chi connectivity index (χ1) is 14.1. The van der Waals surface area contributed by atoms with Crippen LogP contribution < -0.4 is 5.32 Å². The zero-order chi connectivity index (χ0) is 20.2. The molecule has 154 valence electrons. The molecular weight excluding hydrogens is 382 g/mol. The van der Waals surface area contributed by atoms with E-state index in [9.17, 15) is 9.59 Å². The maximum atomic E-state index is 12.8. The van der Waals surface area contributed by atoms with Crippen molar-refractivity contribution in [1.82, 2.24) is 15.2 Å². The molecule has 29 heavy (non-hydrogen) atoms. The summed E-state index contributed by atoms with van der Waals surface area (Å²) in [7, 11) is 0. The highest BCUT2D eigenvalue weighted by molar-refractivity contribution is 7.17. The third-order valence-corrected chi connectivity index (χ3v) is 7.33. The largest absolute Gasteiger partial charge is 0.348 e. The number of thiazole rings is 1. The lowest BCUT2D eigenvalue weighted by Crippen LogP contribution is -2.48. The summed E-state index contributed by atoms with van der Waals surface area (Å²) in [5, 5.41) is 4.05. The number of carbonyl (C=O) groups is 2. The number of rotatable bonds is 4. The Labute approximate surface area is 176 Å². The normalized spacial score (nSPS) is 18.6. The van der Waals surface area contributed by atoms with E-state index in [4.69, 9.17) is 0 Å². The summed E-state index contributed by atoms with van der Waals surface area (Å²) in [5.41, 5.74) is 1.81. The summed E-state index contributed by atoms with van der Waals surface area (Å²) >= 11 is 1.45. The Morgan fingerprint density at radius 2 is 1.72 bits per heavy atom. The first-order valence-corrected chi connectivity index (χ1v) is 11.6. The first-order valence-electron chi connectivity index (χ1n) is 10.7. The summed E-state index contributed by atoms with van der Waals surface area (Å²) in [4.78, 5) is 32.8. The third kappa shape index (κ3) is 4.69. The Kier molecular flexibility index (Phi) is 6.28. The first kappa shape index (κ1) is 20.1. The molecule has 1 aliphatic carbocycles. The number of aromatic nitrogens is 1. The molecule has 2 fully saturated rings. The molecule has 2 aliphatic rings. The van der Waals surface area contributed by atoms with Crippen molar-refractivity contribution in [1.29, 1.82) is 0 Å². The van der Waals surface area contributed by atoms with E-state index in [2.05, 4.69) is 10.3 Å². The molecule has 0 bridgehead atoms. The maximum absolute atomic E-state index is 12.8. The van der Waals surface area contributed by atoms with E-state index in [0.717, 1.165) is 55.0 Å². The van der Waals surface area contributed by atoms with Crippen molar-refractivity contribution in [2.75, 3.05) is 13.1 Å². The van der Waals surface area contributed by atoms with Gasteiger partial charge < -0.3 is 10.2 Å². The smallest absolute Gasteiger partial charge is 0.263 e. The fourth-order valence-corrected chi connectivity index (χ4v) is 5.39. The summed E-state index contributed by atoms with van der Waals surface area (Å²) in [5.74, 6) is 0.519. The molecule has 1 aromatic carbocycles. The van der Waals surface area contributed by atoms with Gasteiger partial charge in [0.05, 0.1) is 5.69 Å². The Balaban J connectivity index is 1.32. The molecule has 0 spiro atoms. The van der Waals surface area contributed by atoms with E-state index in [-0.39, 0.29) is 17.9 Å². The number of carbonyl (C=O) groups excluding carboxylic acids is 2. The van der Waals surface area contributed by atoms with Gasteiger partial charge in [-0.2, -0.15) is 0 Å². The van der Waals surface area contributed by atoms with Crippen LogP contribution in [-0.4, -0.2) is 40.8 Å². The molecule has 1 aromatic heterocycles. The average Bonchev–Trinajstić information content (AvgIpc) is 3.17. The monoisotopic (exact) mass is 411 g/mol. The van der Waals surface area contributed by atoms with Crippen LogP contribution >= 0.6 is 11.3 Å². The average molecular weight is 412 g/mol. The van der Waals surface area contributed by atoms with Crippen LogP contribution in [0.15, 0.2) is 30.3 Å². The predicted octanol–water partition coefficient (Wildman–Crippen LogP) is 4.42. The summed E-state index contributed by atoms with van der Waals surface area (Å²) in [6.45, 7) is 3.39. The fourth-order valence-electron chi connectivity index (χ4n) is 4.41. The van der Waals surface area contributed by atoms with E-state index < -0.39 is 0 Å². The van der Waals surface area contributed by atoms with Gasteiger partial charge in [0, 0.05) is 30.6 Å². The molecule has 0 radical (unpaired) electrons. The van der Waals surface area contributed by atoms with Crippen molar-refractivity contribution < 1.29 is 9.59 Å². The number of piperidine rings is 1. The molecule has 2 aromatic rings. The van der Waals surface area contributed by atoms with Crippen LogP contribution in [0.4, 0.5) is 0 Å². The lowest BCUT2D eigenvalue weighted by atomic mass is 9.87. The van der Waals surface area contributed by atoms with Crippen molar-refractivity contribution in [2.24, 2.45) is 5.92 Å². The fraction of sp³-hybridized carbons (Fsp3) is 0.522. The quantitative estimate of drug-likeness (QED) is 0.810. The second-order valence-electron chi connectivity index (χ2n) is 8.21. The van der Waals surface area contributed by atoms with Crippen LogP contribution in [0, 0.1) is 12.8 Å². The minimum Gasteiger partial charge on any atom is -0.348 e. The van der Waals surface area contributed by atoms with E-state index in [0.29, 0.717) is 10.8 Å². The lowest BCUT2D eigenvalue weighted by molar-refractivity contribution is -0.137. The number of hydrogen-bond donors (Lipinski definition) is 1. The molecule has 1 saturated heterocycles. The highest BCUT2D eigenvalue weighted by Gasteiger charge is 2.30. The minimum absolute atomic E-state index is 0.0424. The highest BCUT2D eigenvalue weighted by Crippen LogP contribution is 2.29. The van der Waals surface area contributed by atoms with Crippen molar-refractivity contribution in [2.45, 2.75) is 57.9 Å². The van der Waals surface area contributed by atoms with E-state index in [1.54, 1.807) is 0 Å². The predicted molar refractivity (Wildman–Crippen MR) is 116 cm³/mol. The Morgan fingerprint density at radius 3 is 2.41 bits per heavy atom. The summed E-state index contributed by atoms with van der Waals surface area (Å²) in [6, 6.07) is 10.1. The number of nitrogens with zero attached hydrogens (tertiary/aromatic N) is 2. The molecule has 5 nitrogen and oxygen atoms in total. The third-order valence-electron chi connectivity index (χ3n) is 6.12. The van der Waals surface area contributed by atoms with Gasteiger partial charge in [0.15, 0.2) is 0 Å². The molecule has 2 amide bonds. The van der Waals surface area contributed by atoms with Crippen molar-refractivity contribution in [3.05, 3.63) is 40.9 Å². The number of likely N-dealkylation sites (tertiary alicyclic amines) is 1. The molecule has 0 atom stereocenters. The molecule has 0 unspecified atom stereocenters. The van der Waals surface area contributed by atoms with E-state index in [1.165, 1.54) is 30.6 Å². The zero-order valence-electron chi connectivity index (χ0n) is 17.0. The van der Waals surface area contributed by atoms with Crippen molar-refractivity contribution in [3.8, 4) is 10.6 Å². The van der Waals surface area contributed by atoms with Gasteiger partial charge in [-0.1, -0.05) is 49.6 Å². The van der Waals surface area contributed by atoms with Gasteiger partial charge >= 0.3 is 0 Å². The van der Waals surface area contributed by atoms with Crippen LogP contribution in [0.25, 0.3) is 10.6 Å². The Bertz CT molecular complexity index is 850. The highest BCUT2D eigenvalue weighted by atomic mass is 32.1. The summed E-state index contributed by atoms with van der Waals surface area (Å²) < 4.78 is 0. The van der Waals surface area contributed by atoms with Crippen LogP contribution in [-0.2, 0) is 4.79 Å². The van der Waals surface area contributed by atoms with Gasteiger partial charge in [0.2, 0.25) is 5.91 Å².